The van der Waals surface area contributed by atoms with Crippen molar-refractivity contribution in [2.75, 3.05) is 0 Å². The summed E-state index contributed by atoms with van der Waals surface area (Å²) in [4.78, 5) is 5.54. The summed E-state index contributed by atoms with van der Waals surface area (Å²) in [6.07, 6.45) is 5.88. The summed E-state index contributed by atoms with van der Waals surface area (Å²) in [6, 6.07) is 0. The molecule has 1 fully saturated rings. The number of hydrogen-bond acceptors (Lipinski definition) is 3. The molecule has 0 N–H and O–H groups in total. The van der Waals surface area contributed by atoms with Gasteiger partial charge in [0.25, 0.3) is 0 Å². The van der Waals surface area contributed by atoms with Crippen LogP contribution >= 0.6 is 64.2 Å². The van der Waals surface area contributed by atoms with Crippen molar-refractivity contribution in [3.05, 3.63) is 24.0 Å². The summed E-state index contributed by atoms with van der Waals surface area (Å²) in [5.74, 6) is 0.811. The molecule has 1 aliphatic heterocycles. The molecule has 72 valence electrons. The van der Waals surface area contributed by atoms with Crippen molar-refractivity contribution in [3.8, 4) is 0 Å². The van der Waals surface area contributed by atoms with Crippen LogP contribution in [0.5, 0.6) is 0 Å². The van der Waals surface area contributed by atoms with E-state index in [-0.39, 0.29) is 4.83 Å². The molecule has 0 aromatic carbocycles. The molecule has 2 rings (SSSR count). The van der Waals surface area contributed by atoms with Crippen LogP contribution in [-0.2, 0) is 4.84 Å². The van der Waals surface area contributed by atoms with Crippen LogP contribution in [0.1, 0.15) is 0 Å². The second-order valence-corrected chi connectivity index (χ2v) is 6.04. The zero-order valence-electron chi connectivity index (χ0n) is 6.12. The van der Waals surface area contributed by atoms with E-state index in [9.17, 15) is 0 Å². The van der Waals surface area contributed by atoms with Gasteiger partial charge in [0, 0.05) is 20.3 Å². The molecule has 0 aromatic rings. The number of allylic oxidation sites excluding steroid dienone is 2. The predicted octanol–water partition coefficient (Wildman–Crippen LogP) is 3.38. The lowest BCUT2D eigenvalue weighted by molar-refractivity contribution is -0.0521. The molecule has 3 nitrogen and oxygen atoms in total. The van der Waals surface area contributed by atoms with E-state index in [0.29, 0.717) is 0 Å². The molecular formula is C6H4Br4N2O. The molecule has 2 unspecified atom stereocenters. The van der Waals surface area contributed by atoms with Gasteiger partial charge in [-0.25, -0.2) is 0 Å². The second-order valence-electron chi connectivity index (χ2n) is 2.57. The number of hydrazine groups is 1. The van der Waals surface area contributed by atoms with Crippen LogP contribution in [0.3, 0.4) is 0 Å². The van der Waals surface area contributed by atoms with Crippen LogP contribution < -0.4 is 0 Å². The van der Waals surface area contributed by atoms with Crippen molar-refractivity contribution in [2.45, 2.75) is 9.28 Å². The van der Waals surface area contributed by atoms with Crippen molar-refractivity contribution in [2.24, 2.45) is 0 Å². The summed E-state index contributed by atoms with van der Waals surface area (Å²) in [5, 5.41) is 0. The van der Waals surface area contributed by atoms with E-state index in [4.69, 9.17) is 4.84 Å². The minimum atomic E-state index is -0.411. The minimum Gasteiger partial charge on any atom is -0.380 e. The first-order valence-corrected chi connectivity index (χ1v) is 6.51. The Balaban J connectivity index is 2.42. The Labute approximate surface area is 110 Å². The number of nitrogens with zero attached hydrogens (tertiary/aromatic N) is 2. The normalized spacial score (nSPS) is 40.0. The van der Waals surface area contributed by atoms with Gasteiger partial charge in [0.2, 0.25) is 0 Å². The zero-order chi connectivity index (χ0) is 9.64. The largest absolute Gasteiger partial charge is 0.380 e. The molecule has 0 bridgehead atoms. The monoisotopic (exact) mass is 436 g/mol. The first-order chi connectivity index (χ1) is 6.06. The maximum atomic E-state index is 5.41. The molecule has 0 amide bonds. The molecule has 2 aliphatic rings. The molecule has 1 heterocycles. The zero-order valence-corrected chi connectivity index (χ0v) is 12.5. The molecular weight excluding hydrogens is 436 g/mol. The molecule has 0 aromatic heterocycles. The third kappa shape index (κ3) is 1.48. The summed E-state index contributed by atoms with van der Waals surface area (Å²) in [6.45, 7) is 0. The van der Waals surface area contributed by atoms with Gasteiger partial charge in [-0.05, 0) is 6.08 Å². The molecule has 1 saturated heterocycles. The number of alkyl halides is 2. The lowest BCUT2D eigenvalue weighted by Gasteiger charge is -2.29. The van der Waals surface area contributed by atoms with E-state index >= 15 is 0 Å². The quantitative estimate of drug-likeness (QED) is 0.327. The van der Waals surface area contributed by atoms with Crippen molar-refractivity contribution < 1.29 is 4.84 Å². The lowest BCUT2D eigenvalue weighted by atomic mass is 10.1. The molecule has 0 saturated carbocycles. The maximum Gasteiger partial charge on any atom is 0.181 e. The summed E-state index contributed by atoms with van der Waals surface area (Å²) in [5.41, 5.74) is 0. The van der Waals surface area contributed by atoms with Crippen LogP contribution in [0, 0.1) is 0 Å². The van der Waals surface area contributed by atoms with Gasteiger partial charge in [-0.3, -0.25) is 0 Å². The third-order valence-corrected chi connectivity index (χ3v) is 6.83. The highest BCUT2D eigenvalue weighted by Gasteiger charge is 2.54. The Hall–Kier alpha value is 1.12. The van der Waals surface area contributed by atoms with Crippen LogP contribution in [-0.4, -0.2) is 17.5 Å². The van der Waals surface area contributed by atoms with Crippen molar-refractivity contribution >= 4 is 64.2 Å². The van der Waals surface area contributed by atoms with Gasteiger partial charge < -0.3 is 4.84 Å². The van der Waals surface area contributed by atoms with Gasteiger partial charge in [-0.2, -0.15) is 0 Å². The van der Waals surface area contributed by atoms with E-state index < -0.39 is 4.45 Å². The number of hydrogen-bond donors (Lipinski definition) is 0. The highest BCUT2D eigenvalue weighted by molar-refractivity contribution is 9.13. The van der Waals surface area contributed by atoms with Gasteiger partial charge in [0.15, 0.2) is 10.2 Å². The number of halogens is 4. The fourth-order valence-electron chi connectivity index (χ4n) is 1.14. The first kappa shape index (κ1) is 10.6. The maximum absolute atomic E-state index is 5.41. The molecule has 0 radical (unpaired) electrons. The van der Waals surface area contributed by atoms with Gasteiger partial charge in [0.05, 0.1) is 21.0 Å². The highest BCUT2D eigenvalue weighted by Crippen LogP contribution is 2.50. The van der Waals surface area contributed by atoms with Crippen LogP contribution in [0.2, 0.25) is 0 Å². The van der Waals surface area contributed by atoms with E-state index in [1.807, 2.05) is 18.2 Å². The number of rotatable bonds is 0. The fraction of sp³-hybridized carbons (Fsp3) is 0.333. The highest BCUT2D eigenvalue weighted by atomic mass is 79.9. The molecule has 0 spiro atoms. The average molecular weight is 440 g/mol. The third-order valence-electron chi connectivity index (χ3n) is 1.82. The fourth-order valence-corrected chi connectivity index (χ4v) is 3.59. The van der Waals surface area contributed by atoms with E-state index in [2.05, 4.69) is 64.2 Å². The Morgan fingerprint density at radius 3 is 2.77 bits per heavy atom. The summed E-state index contributed by atoms with van der Waals surface area (Å²) >= 11 is 13.8. The Bertz CT molecular complexity index is 294. The molecule has 7 heteroatoms. The Kier molecular flexibility index (Phi) is 2.95. The van der Waals surface area contributed by atoms with Crippen LogP contribution in [0.4, 0.5) is 0 Å². The van der Waals surface area contributed by atoms with Gasteiger partial charge in [-0.1, -0.05) is 44.0 Å². The standard InChI is InChI=1S/C6H4Br4N2O/c7-4-2-1-3-5-6(4,8)11(9)12(10)13-5/h1-4H. The van der Waals surface area contributed by atoms with Gasteiger partial charge in [0.1, 0.15) is 0 Å². The summed E-state index contributed by atoms with van der Waals surface area (Å²) < 4.78 is 2.76. The first-order valence-electron chi connectivity index (χ1n) is 3.38. The smallest absolute Gasteiger partial charge is 0.181 e. The van der Waals surface area contributed by atoms with Crippen molar-refractivity contribution in [1.29, 1.82) is 0 Å². The van der Waals surface area contributed by atoms with Gasteiger partial charge >= 0.3 is 0 Å². The molecule has 2 atom stereocenters. The lowest BCUT2D eigenvalue weighted by Crippen LogP contribution is -2.43. The number of fused-ring (bicyclic) bond motifs is 1. The van der Waals surface area contributed by atoms with E-state index in [1.54, 1.807) is 4.03 Å². The Morgan fingerprint density at radius 1 is 1.46 bits per heavy atom. The summed E-state index contributed by atoms with van der Waals surface area (Å²) in [7, 11) is 0. The average Bonchev–Trinajstić information content (AvgIpc) is 2.31. The predicted molar refractivity (Wildman–Crippen MR) is 64.2 cm³/mol. The van der Waals surface area contributed by atoms with Crippen molar-refractivity contribution in [3.63, 3.8) is 0 Å². The van der Waals surface area contributed by atoms with Crippen molar-refractivity contribution in [1.82, 2.24) is 8.23 Å². The van der Waals surface area contributed by atoms with E-state index in [0.717, 1.165) is 5.76 Å². The van der Waals surface area contributed by atoms with Crippen LogP contribution in [0.25, 0.3) is 0 Å². The Morgan fingerprint density at radius 2 is 2.15 bits per heavy atom. The van der Waals surface area contributed by atoms with Gasteiger partial charge in [-0.15, -0.1) is 4.03 Å². The van der Waals surface area contributed by atoms with Crippen LogP contribution in [0.15, 0.2) is 24.0 Å². The topological polar surface area (TPSA) is 15.7 Å². The molecule has 13 heavy (non-hydrogen) atoms. The molecule has 1 aliphatic carbocycles. The van der Waals surface area contributed by atoms with E-state index in [1.165, 1.54) is 4.20 Å². The second kappa shape index (κ2) is 3.61. The minimum absolute atomic E-state index is 0.127. The SMILES string of the molecule is BrC1C=CC=C2ON(Br)N(Br)C21Br.